The zero-order chi connectivity index (χ0) is 22.3. The molecule has 0 saturated carbocycles. The molecule has 32 heavy (non-hydrogen) atoms. The van der Waals surface area contributed by atoms with Crippen LogP contribution in [0.4, 0.5) is 11.5 Å². The van der Waals surface area contributed by atoms with Gasteiger partial charge in [-0.15, -0.1) is 11.8 Å². The summed E-state index contributed by atoms with van der Waals surface area (Å²) < 4.78 is 0. The van der Waals surface area contributed by atoms with Crippen molar-refractivity contribution in [2.45, 2.75) is 18.4 Å². The molecule has 0 fully saturated rings. The molecule has 0 radical (unpaired) electrons. The smallest absolute Gasteiger partial charge is 0.251 e. The van der Waals surface area contributed by atoms with Gasteiger partial charge in [-0.3, -0.25) is 4.79 Å². The molecular formula is C26H24N4OS. The van der Waals surface area contributed by atoms with Crippen molar-refractivity contribution in [2.24, 2.45) is 0 Å². The van der Waals surface area contributed by atoms with Crippen LogP contribution in [0.2, 0.25) is 0 Å². The van der Waals surface area contributed by atoms with E-state index in [9.17, 15) is 4.79 Å². The molecule has 0 unspecified atom stereocenters. The number of aromatic nitrogens is 2. The van der Waals surface area contributed by atoms with Crippen molar-refractivity contribution in [3.63, 3.8) is 0 Å². The van der Waals surface area contributed by atoms with E-state index in [1.54, 1.807) is 24.0 Å². The largest absolute Gasteiger partial charge is 0.348 e. The minimum absolute atomic E-state index is 0.120. The minimum Gasteiger partial charge on any atom is -0.348 e. The fraction of sp³-hybridized carbons (Fsp3) is 0.115. The predicted octanol–water partition coefficient (Wildman–Crippen LogP) is 5.85. The molecule has 6 heteroatoms. The van der Waals surface area contributed by atoms with Crippen LogP contribution in [0.3, 0.4) is 0 Å². The molecule has 0 spiro atoms. The summed E-state index contributed by atoms with van der Waals surface area (Å²) in [4.78, 5) is 22.9. The van der Waals surface area contributed by atoms with E-state index in [0.29, 0.717) is 23.8 Å². The molecule has 5 nitrogen and oxygen atoms in total. The van der Waals surface area contributed by atoms with Crippen LogP contribution in [0.5, 0.6) is 0 Å². The maximum Gasteiger partial charge on any atom is 0.251 e. The van der Waals surface area contributed by atoms with E-state index in [1.165, 1.54) is 4.90 Å². The fourth-order valence-corrected chi connectivity index (χ4v) is 3.67. The molecular weight excluding hydrogens is 416 g/mol. The molecule has 0 atom stereocenters. The number of hydrogen-bond donors (Lipinski definition) is 2. The second kappa shape index (κ2) is 10.1. The number of carbonyl (C=O) groups excluding carboxylic acids is 1. The number of benzene rings is 3. The molecule has 0 aliphatic carbocycles. The second-order valence-corrected chi connectivity index (χ2v) is 8.25. The molecule has 160 valence electrons. The lowest BCUT2D eigenvalue weighted by molar-refractivity contribution is 0.0951. The third kappa shape index (κ3) is 5.53. The number of thioether (sulfide) groups is 1. The van der Waals surface area contributed by atoms with Crippen LogP contribution in [0.25, 0.3) is 11.4 Å². The predicted molar refractivity (Wildman–Crippen MR) is 131 cm³/mol. The van der Waals surface area contributed by atoms with Gasteiger partial charge in [0.05, 0.1) is 0 Å². The number of rotatable bonds is 7. The van der Waals surface area contributed by atoms with E-state index in [-0.39, 0.29) is 5.91 Å². The molecule has 1 aromatic heterocycles. The zero-order valence-corrected chi connectivity index (χ0v) is 18.8. The lowest BCUT2D eigenvalue weighted by Crippen LogP contribution is -2.22. The van der Waals surface area contributed by atoms with Crippen molar-refractivity contribution in [1.29, 1.82) is 0 Å². The molecule has 2 N–H and O–H groups in total. The summed E-state index contributed by atoms with van der Waals surface area (Å²) in [6, 6.07) is 25.5. The molecule has 0 bridgehead atoms. The van der Waals surface area contributed by atoms with Crippen molar-refractivity contribution in [2.75, 3.05) is 11.6 Å². The Labute approximate surface area is 192 Å². The number of anilines is 2. The highest BCUT2D eigenvalue weighted by Gasteiger charge is 2.08. The van der Waals surface area contributed by atoms with Gasteiger partial charge < -0.3 is 10.6 Å². The minimum atomic E-state index is -0.120. The lowest BCUT2D eigenvalue weighted by Gasteiger charge is -2.10. The van der Waals surface area contributed by atoms with Gasteiger partial charge in [0.2, 0.25) is 0 Å². The number of nitrogens with one attached hydrogen (secondary N) is 2. The van der Waals surface area contributed by atoms with Gasteiger partial charge >= 0.3 is 0 Å². The van der Waals surface area contributed by atoms with Gasteiger partial charge in [-0.05, 0) is 61.2 Å². The highest BCUT2D eigenvalue weighted by molar-refractivity contribution is 7.98. The quantitative estimate of drug-likeness (QED) is 0.353. The summed E-state index contributed by atoms with van der Waals surface area (Å²) in [6.07, 6.45) is 3.77. The maximum absolute atomic E-state index is 12.6. The molecule has 1 heterocycles. The molecule has 0 aliphatic heterocycles. The van der Waals surface area contributed by atoms with Crippen molar-refractivity contribution in [1.82, 2.24) is 15.3 Å². The summed E-state index contributed by atoms with van der Waals surface area (Å²) in [5, 5.41) is 6.26. The van der Waals surface area contributed by atoms with Crippen LogP contribution in [-0.2, 0) is 6.54 Å². The summed E-state index contributed by atoms with van der Waals surface area (Å²) in [5.41, 5.74) is 4.56. The SMILES string of the molecule is CSc1ccc(CNC(=O)c2cccc(Nc3ccnc(-c4cccc(C)c4)n3)c2)cc1. The molecule has 0 aliphatic rings. The Morgan fingerprint density at radius 1 is 0.969 bits per heavy atom. The number of carbonyl (C=O) groups is 1. The van der Waals surface area contributed by atoms with E-state index in [1.807, 2.05) is 67.8 Å². The van der Waals surface area contributed by atoms with E-state index in [2.05, 4.69) is 38.8 Å². The molecule has 1 amide bonds. The Morgan fingerprint density at radius 3 is 2.56 bits per heavy atom. The first-order valence-electron chi connectivity index (χ1n) is 10.3. The van der Waals surface area contributed by atoms with E-state index >= 15 is 0 Å². The zero-order valence-electron chi connectivity index (χ0n) is 18.0. The molecule has 0 saturated heterocycles. The highest BCUT2D eigenvalue weighted by Crippen LogP contribution is 2.21. The number of aryl methyl sites for hydroxylation is 1. The van der Waals surface area contributed by atoms with Crippen LogP contribution < -0.4 is 10.6 Å². The monoisotopic (exact) mass is 440 g/mol. The van der Waals surface area contributed by atoms with Crippen LogP contribution in [0.15, 0.2) is 90.0 Å². The standard InChI is InChI=1S/C26H24N4OS/c1-18-5-3-6-20(15-18)25-27-14-13-24(30-25)29-22-8-4-7-21(16-22)26(31)28-17-19-9-11-23(32-2)12-10-19/h3-16H,17H2,1-2H3,(H,28,31)(H,27,29,30). The topological polar surface area (TPSA) is 66.9 Å². The summed E-state index contributed by atoms with van der Waals surface area (Å²) in [5.74, 6) is 1.20. The molecule has 4 rings (SSSR count). The van der Waals surface area contributed by atoms with Crippen molar-refractivity contribution < 1.29 is 4.79 Å². The summed E-state index contributed by atoms with van der Waals surface area (Å²) in [7, 11) is 0. The Morgan fingerprint density at radius 2 is 1.78 bits per heavy atom. The first-order chi connectivity index (χ1) is 15.6. The average Bonchev–Trinajstić information content (AvgIpc) is 2.83. The van der Waals surface area contributed by atoms with Crippen LogP contribution in [-0.4, -0.2) is 22.1 Å². The average molecular weight is 441 g/mol. The third-order valence-corrected chi connectivity index (χ3v) is 5.68. The number of amides is 1. The van der Waals surface area contributed by atoms with E-state index < -0.39 is 0 Å². The molecule has 4 aromatic rings. The van der Waals surface area contributed by atoms with E-state index in [4.69, 9.17) is 0 Å². The Hall–Kier alpha value is -3.64. The van der Waals surface area contributed by atoms with Gasteiger partial charge in [0.25, 0.3) is 5.91 Å². The van der Waals surface area contributed by atoms with Crippen LogP contribution in [0, 0.1) is 6.92 Å². The first kappa shape index (κ1) is 21.6. The van der Waals surface area contributed by atoms with Gasteiger partial charge in [0, 0.05) is 34.5 Å². The summed E-state index contributed by atoms with van der Waals surface area (Å²) in [6.45, 7) is 2.53. The number of hydrogen-bond acceptors (Lipinski definition) is 5. The van der Waals surface area contributed by atoms with Gasteiger partial charge in [0.15, 0.2) is 5.82 Å². The van der Waals surface area contributed by atoms with Crippen molar-refractivity contribution in [3.05, 3.63) is 102 Å². The second-order valence-electron chi connectivity index (χ2n) is 7.37. The Bertz CT molecular complexity index is 1220. The Kier molecular flexibility index (Phi) is 6.82. The fourth-order valence-electron chi connectivity index (χ4n) is 3.27. The van der Waals surface area contributed by atoms with Crippen molar-refractivity contribution in [3.8, 4) is 11.4 Å². The van der Waals surface area contributed by atoms with Gasteiger partial charge in [0.1, 0.15) is 5.82 Å². The summed E-state index contributed by atoms with van der Waals surface area (Å²) >= 11 is 1.70. The van der Waals surface area contributed by atoms with E-state index in [0.717, 1.165) is 22.4 Å². The highest BCUT2D eigenvalue weighted by atomic mass is 32.2. The normalized spacial score (nSPS) is 10.6. The van der Waals surface area contributed by atoms with Gasteiger partial charge in [-0.1, -0.05) is 42.0 Å². The first-order valence-corrected chi connectivity index (χ1v) is 11.5. The van der Waals surface area contributed by atoms with Gasteiger partial charge in [-0.2, -0.15) is 0 Å². The third-order valence-electron chi connectivity index (χ3n) is 4.94. The molecule has 3 aromatic carbocycles. The van der Waals surface area contributed by atoms with Crippen LogP contribution >= 0.6 is 11.8 Å². The number of nitrogens with zero attached hydrogens (tertiary/aromatic N) is 2. The van der Waals surface area contributed by atoms with Crippen LogP contribution in [0.1, 0.15) is 21.5 Å². The van der Waals surface area contributed by atoms with Crippen molar-refractivity contribution >= 4 is 29.2 Å². The lowest BCUT2D eigenvalue weighted by atomic mass is 10.1. The van der Waals surface area contributed by atoms with Gasteiger partial charge in [-0.25, -0.2) is 9.97 Å². The maximum atomic E-state index is 12.6. The Balaban J connectivity index is 1.43.